The van der Waals surface area contributed by atoms with Gasteiger partial charge < -0.3 is 18.9 Å². The quantitative estimate of drug-likeness (QED) is 0.301. The molecular weight excluding hydrogens is 403 g/mol. The first kappa shape index (κ1) is 21.9. The molecule has 0 fully saturated rings. The molecule has 2 aromatic rings. The summed E-state index contributed by atoms with van der Waals surface area (Å²) >= 11 is 12.5. The molecule has 150 valence electrons. The average Bonchev–Trinajstić information content (AvgIpc) is 2.69. The fraction of sp³-hybridized carbons (Fsp3) is 0.286. The highest BCUT2D eigenvalue weighted by atomic mass is 35.5. The van der Waals surface area contributed by atoms with Gasteiger partial charge in [-0.2, -0.15) is 0 Å². The van der Waals surface area contributed by atoms with Crippen molar-refractivity contribution in [3.8, 4) is 11.5 Å². The number of esters is 1. The number of benzene rings is 2. The van der Waals surface area contributed by atoms with Crippen LogP contribution in [0.2, 0.25) is 10.0 Å². The number of ether oxygens (including phenoxy) is 4. The Labute approximate surface area is 174 Å². The number of hydrogen-bond acceptors (Lipinski definition) is 5. The van der Waals surface area contributed by atoms with Gasteiger partial charge in [0.2, 0.25) is 0 Å². The third-order valence-electron chi connectivity index (χ3n) is 3.77. The van der Waals surface area contributed by atoms with Crippen LogP contribution in [0.5, 0.6) is 11.5 Å². The Hall–Kier alpha value is -2.37. The first-order chi connectivity index (χ1) is 13.5. The van der Waals surface area contributed by atoms with E-state index in [-0.39, 0.29) is 6.61 Å². The van der Waals surface area contributed by atoms with Crippen LogP contribution in [-0.4, -0.2) is 26.8 Å². The Balaban J connectivity index is 2.24. The number of carbonyl (C=O) groups excluding carboxylic acids is 1. The predicted molar refractivity (Wildman–Crippen MR) is 110 cm³/mol. The van der Waals surface area contributed by atoms with Crippen molar-refractivity contribution in [3.63, 3.8) is 0 Å². The number of carbonyl (C=O) groups is 1. The van der Waals surface area contributed by atoms with Gasteiger partial charge in [-0.1, -0.05) is 54.4 Å². The Morgan fingerprint density at radius 1 is 1.07 bits per heavy atom. The molecule has 0 spiro atoms. The highest BCUT2D eigenvalue weighted by molar-refractivity contribution is 6.37. The van der Waals surface area contributed by atoms with Crippen LogP contribution in [-0.2, 0) is 20.9 Å². The van der Waals surface area contributed by atoms with Crippen LogP contribution in [0.3, 0.4) is 0 Å². The molecule has 0 saturated carbocycles. The largest absolute Gasteiger partial charge is 0.503 e. The zero-order chi connectivity index (χ0) is 20.5. The van der Waals surface area contributed by atoms with Gasteiger partial charge in [0.15, 0.2) is 5.75 Å². The molecule has 0 aliphatic heterocycles. The first-order valence-corrected chi connectivity index (χ1v) is 9.41. The Morgan fingerprint density at radius 3 is 2.36 bits per heavy atom. The van der Waals surface area contributed by atoms with Crippen molar-refractivity contribution in [2.75, 3.05) is 20.8 Å². The Bertz CT molecular complexity index is 825. The van der Waals surface area contributed by atoms with Crippen molar-refractivity contribution in [1.29, 1.82) is 0 Å². The van der Waals surface area contributed by atoms with E-state index in [1.54, 1.807) is 18.2 Å². The lowest BCUT2D eigenvalue weighted by atomic mass is 10.0. The van der Waals surface area contributed by atoms with Crippen molar-refractivity contribution < 1.29 is 23.7 Å². The fourth-order valence-corrected chi connectivity index (χ4v) is 3.06. The number of methoxy groups -OCH3 is 2. The van der Waals surface area contributed by atoms with E-state index in [4.69, 9.17) is 42.1 Å². The van der Waals surface area contributed by atoms with Crippen molar-refractivity contribution in [3.05, 3.63) is 63.8 Å². The normalized spacial score (nSPS) is 11.1. The Morgan fingerprint density at radius 2 is 1.75 bits per heavy atom. The molecule has 0 N–H and O–H groups in total. The van der Waals surface area contributed by atoms with Crippen LogP contribution in [0.1, 0.15) is 24.5 Å². The second-order valence-electron chi connectivity index (χ2n) is 5.77. The van der Waals surface area contributed by atoms with Gasteiger partial charge in [-0.3, -0.25) is 0 Å². The minimum Gasteiger partial charge on any atom is -0.503 e. The summed E-state index contributed by atoms with van der Waals surface area (Å²) in [7, 11) is 2.78. The van der Waals surface area contributed by atoms with Gasteiger partial charge in [0.1, 0.15) is 17.9 Å². The van der Waals surface area contributed by atoms with Crippen molar-refractivity contribution >= 4 is 34.7 Å². The van der Waals surface area contributed by atoms with E-state index in [1.807, 2.05) is 25.1 Å². The molecule has 2 rings (SSSR count). The summed E-state index contributed by atoms with van der Waals surface area (Å²) in [5.74, 6) is 0.427. The van der Waals surface area contributed by atoms with Crippen LogP contribution in [0.4, 0.5) is 0 Å². The maximum atomic E-state index is 12.1. The van der Waals surface area contributed by atoms with E-state index in [9.17, 15) is 4.79 Å². The highest BCUT2D eigenvalue weighted by Gasteiger charge is 2.17. The SMILES string of the molecule is CCCOc1c(Cl)cc(OCc2ccccc2/C(=C\OC)C(=O)OC)cc1Cl. The van der Waals surface area contributed by atoms with E-state index in [2.05, 4.69) is 0 Å². The lowest BCUT2D eigenvalue weighted by Gasteiger charge is -2.14. The summed E-state index contributed by atoms with van der Waals surface area (Å²) in [6.07, 6.45) is 2.19. The van der Waals surface area contributed by atoms with Gasteiger partial charge in [-0.05, 0) is 17.5 Å². The van der Waals surface area contributed by atoms with Crippen LogP contribution in [0.15, 0.2) is 42.7 Å². The lowest BCUT2D eigenvalue weighted by Crippen LogP contribution is -2.08. The van der Waals surface area contributed by atoms with Crippen LogP contribution < -0.4 is 9.47 Å². The molecule has 0 aromatic heterocycles. The smallest absolute Gasteiger partial charge is 0.341 e. The summed E-state index contributed by atoms with van der Waals surface area (Å²) in [4.78, 5) is 12.1. The van der Waals surface area contributed by atoms with E-state index >= 15 is 0 Å². The fourth-order valence-electron chi connectivity index (χ4n) is 2.48. The molecule has 0 unspecified atom stereocenters. The predicted octanol–water partition coefficient (Wildman–Crippen LogP) is 5.52. The molecule has 0 atom stereocenters. The van der Waals surface area contributed by atoms with Gasteiger partial charge in [0, 0.05) is 12.1 Å². The van der Waals surface area contributed by atoms with Crippen LogP contribution >= 0.6 is 23.2 Å². The summed E-state index contributed by atoms with van der Waals surface area (Å²) < 4.78 is 21.3. The van der Waals surface area contributed by atoms with Crippen LogP contribution in [0.25, 0.3) is 5.57 Å². The summed E-state index contributed by atoms with van der Waals surface area (Å²) in [5.41, 5.74) is 1.72. The molecule has 5 nitrogen and oxygen atoms in total. The third kappa shape index (κ3) is 5.57. The third-order valence-corrected chi connectivity index (χ3v) is 4.33. The highest BCUT2D eigenvalue weighted by Crippen LogP contribution is 2.37. The van der Waals surface area contributed by atoms with Gasteiger partial charge in [0.25, 0.3) is 0 Å². The Kier molecular flexibility index (Phi) is 8.48. The zero-order valence-electron chi connectivity index (χ0n) is 16.0. The molecule has 0 bridgehead atoms. The molecule has 0 amide bonds. The topological polar surface area (TPSA) is 54.0 Å². The molecule has 28 heavy (non-hydrogen) atoms. The second kappa shape index (κ2) is 10.8. The van der Waals surface area contributed by atoms with E-state index in [0.29, 0.717) is 39.3 Å². The van der Waals surface area contributed by atoms with Gasteiger partial charge in [-0.25, -0.2) is 4.79 Å². The molecule has 2 aromatic carbocycles. The van der Waals surface area contributed by atoms with E-state index in [1.165, 1.54) is 20.5 Å². The summed E-state index contributed by atoms with van der Waals surface area (Å²) in [6, 6.07) is 10.6. The zero-order valence-corrected chi connectivity index (χ0v) is 17.5. The molecule has 0 saturated heterocycles. The molecule has 0 heterocycles. The van der Waals surface area contributed by atoms with E-state index in [0.717, 1.165) is 12.0 Å². The summed E-state index contributed by atoms with van der Waals surface area (Å²) in [5, 5.41) is 0.748. The van der Waals surface area contributed by atoms with Crippen molar-refractivity contribution in [2.45, 2.75) is 20.0 Å². The van der Waals surface area contributed by atoms with Crippen molar-refractivity contribution in [2.24, 2.45) is 0 Å². The maximum absolute atomic E-state index is 12.1. The molecule has 7 heteroatoms. The molecular formula is C21H22Cl2O5. The monoisotopic (exact) mass is 424 g/mol. The van der Waals surface area contributed by atoms with Gasteiger partial charge in [-0.15, -0.1) is 0 Å². The lowest BCUT2D eigenvalue weighted by molar-refractivity contribution is -0.133. The first-order valence-electron chi connectivity index (χ1n) is 8.66. The molecule has 0 radical (unpaired) electrons. The molecule has 0 aliphatic rings. The number of hydrogen-bond donors (Lipinski definition) is 0. The van der Waals surface area contributed by atoms with Gasteiger partial charge in [0.05, 0.1) is 37.1 Å². The second-order valence-corrected chi connectivity index (χ2v) is 6.58. The van der Waals surface area contributed by atoms with Crippen LogP contribution in [0, 0.1) is 0 Å². The van der Waals surface area contributed by atoms with Crippen molar-refractivity contribution in [1.82, 2.24) is 0 Å². The van der Waals surface area contributed by atoms with E-state index < -0.39 is 5.97 Å². The van der Waals surface area contributed by atoms with Gasteiger partial charge >= 0.3 is 5.97 Å². The summed E-state index contributed by atoms with van der Waals surface area (Å²) in [6.45, 7) is 2.71. The molecule has 0 aliphatic carbocycles. The average molecular weight is 425 g/mol. The number of rotatable bonds is 9. The minimum absolute atomic E-state index is 0.191. The minimum atomic E-state index is -0.502. The standard InChI is InChI=1S/C21H22Cl2O5/c1-4-9-27-20-18(22)10-15(11-19(20)23)28-12-14-7-5-6-8-16(14)17(13-25-2)21(24)26-3/h5-8,10-11,13H,4,9,12H2,1-3H3/b17-13+. The maximum Gasteiger partial charge on any atom is 0.341 e. The number of halogens is 2.